The van der Waals surface area contributed by atoms with Gasteiger partial charge in [-0.2, -0.15) is 0 Å². The van der Waals surface area contributed by atoms with Crippen LogP contribution in [0.25, 0.3) is 0 Å². The highest BCUT2D eigenvalue weighted by atomic mass is 16.5. The molecule has 1 amide bonds. The van der Waals surface area contributed by atoms with Crippen LogP contribution in [0, 0.1) is 5.92 Å². The molecule has 0 bridgehead atoms. The van der Waals surface area contributed by atoms with Gasteiger partial charge in [0, 0.05) is 18.8 Å². The minimum atomic E-state index is -0.189. The van der Waals surface area contributed by atoms with Gasteiger partial charge >= 0.3 is 5.97 Å². The first-order valence-electron chi connectivity index (χ1n) is 7.44. The number of nitrogens with zero attached hydrogens (tertiary/aromatic N) is 1. The van der Waals surface area contributed by atoms with E-state index < -0.39 is 0 Å². The van der Waals surface area contributed by atoms with Crippen molar-refractivity contribution < 1.29 is 14.3 Å². The Morgan fingerprint density at radius 3 is 2.81 bits per heavy atom. The van der Waals surface area contributed by atoms with Crippen molar-refractivity contribution in [3.8, 4) is 0 Å². The van der Waals surface area contributed by atoms with E-state index in [0.717, 1.165) is 18.5 Å². The predicted molar refractivity (Wildman–Crippen MR) is 80.9 cm³/mol. The van der Waals surface area contributed by atoms with Crippen molar-refractivity contribution in [2.24, 2.45) is 5.92 Å². The lowest BCUT2D eigenvalue weighted by Gasteiger charge is -2.31. The second-order valence-corrected chi connectivity index (χ2v) is 5.15. The molecular formula is C16H22N2O3. The lowest BCUT2D eigenvalue weighted by atomic mass is 9.98. The minimum absolute atomic E-state index is 0.0212. The maximum atomic E-state index is 12.2. The molecule has 0 aromatic heterocycles. The highest BCUT2D eigenvalue weighted by Crippen LogP contribution is 2.18. The molecule has 1 aromatic rings. The summed E-state index contributed by atoms with van der Waals surface area (Å²) < 4.78 is 5.05. The number of piperidine rings is 1. The molecule has 1 atom stereocenters. The summed E-state index contributed by atoms with van der Waals surface area (Å²) in [4.78, 5) is 25.7. The van der Waals surface area contributed by atoms with E-state index >= 15 is 0 Å². The number of rotatable bonds is 5. The van der Waals surface area contributed by atoms with Gasteiger partial charge in [-0.1, -0.05) is 18.2 Å². The largest absolute Gasteiger partial charge is 0.466 e. The molecule has 114 valence electrons. The van der Waals surface area contributed by atoms with Gasteiger partial charge in [0.1, 0.15) is 0 Å². The molecule has 1 fully saturated rings. The number of benzene rings is 1. The zero-order chi connectivity index (χ0) is 15.1. The Hall–Kier alpha value is -2.04. The molecule has 1 saturated heterocycles. The number of carbonyl (C=O) groups is 2. The Bertz CT molecular complexity index is 476. The van der Waals surface area contributed by atoms with Gasteiger partial charge in [0.25, 0.3) is 0 Å². The van der Waals surface area contributed by atoms with Crippen LogP contribution in [0.1, 0.15) is 19.8 Å². The summed E-state index contributed by atoms with van der Waals surface area (Å²) in [5.74, 6) is -0.349. The summed E-state index contributed by atoms with van der Waals surface area (Å²) in [7, 11) is 0. The lowest BCUT2D eigenvalue weighted by molar-refractivity contribution is -0.151. The molecule has 1 aliphatic rings. The van der Waals surface area contributed by atoms with Crippen LogP contribution in [0.4, 0.5) is 5.69 Å². The monoisotopic (exact) mass is 290 g/mol. The summed E-state index contributed by atoms with van der Waals surface area (Å²) in [6.07, 6.45) is 1.65. The van der Waals surface area contributed by atoms with E-state index in [0.29, 0.717) is 19.7 Å². The number of likely N-dealkylation sites (tertiary alicyclic amines) is 1. The zero-order valence-electron chi connectivity index (χ0n) is 12.4. The Labute approximate surface area is 125 Å². The number of esters is 1. The van der Waals surface area contributed by atoms with Crippen LogP contribution in [0.3, 0.4) is 0 Å². The molecule has 21 heavy (non-hydrogen) atoms. The standard InChI is InChI=1S/C16H22N2O3/c1-2-21-16(20)13-7-6-10-18(12-13)15(19)11-17-14-8-4-3-5-9-14/h3-5,8-9,13,17H,2,6-7,10-12H2,1H3. The smallest absolute Gasteiger partial charge is 0.310 e. The maximum Gasteiger partial charge on any atom is 0.310 e. The van der Waals surface area contributed by atoms with E-state index in [4.69, 9.17) is 4.74 Å². The van der Waals surface area contributed by atoms with E-state index in [1.165, 1.54) is 0 Å². The van der Waals surface area contributed by atoms with Crippen LogP contribution in [0.15, 0.2) is 30.3 Å². The Kier molecular flexibility index (Phi) is 5.60. The zero-order valence-corrected chi connectivity index (χ0v) is 12.4. The van der Waals surface area contributed by atoms with Crippen LogP contribution in [0.2, 0.25) is 0 Å². The van der Waals surface area contributed by atoms with Crippen LogP contribution in [-0.4, -0.2) is 43.0 Å². The first-order chi connectivity index (χ1) is 10.2. The third kappa shape index (κ3) is 4.48. The number of para-hydroxylation sites is 1. The highest BCUT2D eigenvalue weighted by Gasteiger charge is 2.28. The average molecular weight is 290 g/mol. The molecule has 0 aliphatic carbocycles. The van der Waals surface area contributed by atoms with Crippen molar-refractivity contribution in [2.45, 2.75) is 19.8 Å². The Morgan fingerprint density at radius 1 is 1.33 bits per heavy atom. The number of ether oxygens (including phenoxy) is 1. The highest BCUT2D eigenvalue weighted by molar-refractivity contribution is 5.82. The third-order valence-corrected chi connectivity index (χ3v) is 3.61. The summed E-state index contributed by atoms with van der Waals surface area (Å²) in [5, 5.41) is 3.10. The minimum Gasteiger partial charge on any atom is -0.466 e. The molecule has 1 N–H and O–H groups in total. The fourth-order valence-electron chi connectivity index (χ4n) is 2.50. The van der Waals surface area contributed by atoms with Gasteiger partial charge < -0.3 is 15.0 Å². The fourth-order valence-corrected chi connectivity index (χ4v) is 2.50. The first kappa shape index (κ1) is 15.4. The van der Waals surface area contributed by atoms with Crippen molar-refractivity contribution in [3.05, 3.63) is 30.3 Å². The third-order valence-electron chi connectivity index (χ3n) is 3.61. The van der Waals surface area contributed by atoms with Crippen molar-refractivity contribution in [2.75, 3.05) is 31.6 Å². The normalized spacial score (nSPS) is 18.1. The van der Waals surface area contributed by atoms with Crippen LogP contribution in [-0.2, 0) is 14.3 Å². The van der Waals surface area contributed by atoms with Gasteiger partial charge in [-0.15, -0.1) is 0 Å². The average Bonchev–Trinajstić information content (AvgIpc) is 2.54. The number of hydrogen-bond donors (Lipinski definition) is 1. The molecule has 2 rings (SSSR count). The lowest BCUT2D eigenvalue weighted by Crippen LogP contribution is -2.44. The van der Waals surface area contributed by atoms with Gasteiger partial charge in [-0.3, -0.25) is 9.59 Å². The first-order valence-corrected chi connectivity index (χ1v) is 7.44. The van der Waals surface area contributed by atoms with Gasteiger partial charge in [0.2, 0.25) is 5.91 Å². The van der Waals surface area contributed by atoms with Gasteiger partial charge in [0.15, 0.2) is 0 Å². The van der Waals surface area contributed by atoms with E-state index in [1.807, 2.05) is 30.3 Å². The fraction of sp³-hybridized carbons (Fsp3) is 0.500. The quantitative estimate of drug-likeness (QED) is 0.842. The molecule has 5 nitrogen and oxygen atoms in total. The second kappa shape index (κ2) is 7.67. The van der Waals surface area contributed by atoms with E-state index in [9.17, 15) is 9.59 Å². The molecule has 0 saturated carbocycles. The number of anilines is 1. The molecule has 1 aliphatic heterocycles. The van der Waals surface area contributed by atoms with E-state index in [-0.39, 0.29) is 24.3 Å². The van der Waals surface area contributed by atoms with E-state index in [2.05, 4.69) is 5.32 Å². The SMILES string of the molecule is CCOC(=O)C1CCCN(C(=O)CNc2ccccc2)C1. The second-order valence-electron chi connectivity index (χ2n) is 5.15. The van der Waals surface area contributed by atoms with Crippen molar-refractivity contribution in [3.63, 3.8) is 0 Å². The molecular weight excluding hydrogens is 268 g/mol. The van der Waals surface area contributed by atoms with Crippen LogP contribution >= 0.6 is 0 Å². The summed E-state index contributed by atoms with van der Waals surface area (Å²) in [5.41, 5.74) is 0.921. The van der Waals surface area contributed by atoms with Crippen molar-refractivity contribution in [1.82, 2.24) is 4.90 Å². The number of hydrogen-bond acceptors (Lipinski definition) is 4. The molecule has 5 heteroatoms. The molecule has 1 aromatic carbocycles. The number of amides is 1. The van der Waals surface area contributed by atoms with E-state index in [1.54, 1.807) is 11.8 Å². The molecule has 0 radical (unpaired) electrons. The van der Waals surface area contributed by atoms with Crippen molar-refractivity contribution in [1.29, 1.82) is 0 Å². The number of nitrogens with one attached hydrogen (secondary N) is 1. The summed E-state index contributed by atoms with van der Waals surface area (Å²) in [6.45, 7) is 3.62. The van der Waals surface area contributed by atoms with Crippen LogP contribution < -0.4 is 5.32 Å². The number of carbonyl (C=O) groups excluding carboxylic acids is 2. The summed E-state index contributed by atoms with van der Waals surface area (Å²) in [6, 6.07) is 9.62. The van der Waals surface area contributed by atoms with Gasteiger partial charge in [0.05, 0.1) is 19.1 Å². The van der Waals surface area contributed by atoms with Gasteiger partial charge in [-0.25, -0.2) is 0 Å². The van der Waals surface area contributed by atoms with Crippen LogP contribution in [0.5, 0.6) is 0 Å². The molecule has 0 spiro atoms. The topological polar surface area (TPSA) is 58.6 Å². The van der Waals surface area contributed by atoms with Crippen molar-refractivity contribution >= 4 is 17.6 Å². The predicted octanol–water partition coefficient (Wildman–Crippen LogP) is 1.90. The Balaban J connectivity index is 1.83. The Morgan fingerprint density at radius 2 is 2.10 bits per heavy atom. The molecule has 1 heterocycles. The summed E-state index contributed by atoms with van der Waals surface area (Å²) >= 11 is 0. The van der Waals surface area contributed by atoms with Gasteiger partial charge in [-0.05, 0) is 31.9 Å². The molecule has 1 unspecified atom stereocenters. The maximum absolute atomic E-state index is 12.2.